The Hall–Kier alpha value is -0.430. The highest BCUT2D eigenvalue weighted by atomic mass is 31.1. The van der Waals surface area contributed by atoms with Gasteiger partial charge in [0.05, 0.1) is 0 Å². The van der Waals surface area contributed by atoms with Crippen LogP contribution in [0.1, 0.15) is 57.8 Å². The highest BCUT2D eigenvalue weighted by molar-refractivity contribution is 7.37. The van der Waals surface area contributed by atoms with Gasteiger partial charge >= 0.3 is 0 Å². The highest BCUT2D eigenvalue weighted by Crippen LogP contribution is 2.25. The first-order valence-electron chi connectivity index (χ1n) is 7.72. The van der Waals surface area contributed by atoms with Gasteiger partial charge in [0.15, 0.2) is 0 Å². The zero-order valence-corrected chi connectivity index (χ0v) is 13.3. The van der Waals surface area contributed by atoms with Crippen LogP contribution < -0.4 is 0 Å². The Morgan fingerprint density at radius 2 is 1.84 bits per heavy atom. The summed E-state index contributed by atoms with van der Waals surface area (Å²) in [6.45, 7) is 4.26. The summed E-state index contributed by atoms with van der Waals surface area (Å²) in [7, 11) is 1.04. The maximum absolute atomic E-state index is 12.0. The first-order chi connectivity index (χ1) is 9.27. The topological polar surface area (TPSA) is 44.2 Å². The number of unbranched alkanes of at least 4 members (excludes halogenated alkanes) is 5. The fraction of sp³-hybridized carbons (Fsp3) is 0.867. The lowest BCUT2D eigenvalue weighted by Crippen LogP contribution is -2.38. The lowest BCUT2D eigenvalue weighted by molar-refractivity contribution is -0.132. The molecule has 1 heterocycles. The third-order valence-electron chi connectivity index (χ3n) is 4.00. The van der Waals surface area contributed by atoms with Crippen molar-refractivity contribution in [3.8, 4) is 0 Å². The number of hydrogen-bond acceptors (Lipinski definition) is 2. The van der Waals surface area contributed by atoms with E-state index in [2.05, 4.69) is 11.6 Å². The summed E-state index contributed by atoms with van der Waals surface area (Å²) in [5.74, 6) is 0.373. The van der Waals surface area contributed by atoms with Crippen molar-refractivity contribution in [3.63, 3.8) is 0 Å². The molecule has 0 radical (unpaired) electrons. The molecule has 3 nitrogen and oxygen atoms in total. The lowest BCUT2D eigenvalue weighted by Gasteiger charge is -2.31. The Kier molecular flexibility index (Phi) is 9.07. The van der Waals surface area contributed by atoms with Gasteiger partial charge in [-0.1, -0.05) is 19.3 Å². The SMILES string of the molecule is CPC1CCN(C(=O)CCCCCCCC=N)CC1. The Morgan fingerprint density at radius 3 is 2.47 bits per heavy atom. The van der Waals surface area contributed by atoms with E-state index in [-0.39, 0.29) is 0 Å². The number of carbonyl (C=O) groups is 1. The first kappa shape index (κ1) is 16.6. The minimum Gasteiger partial charge on any atom is -0.343 e. The van der Waals surface area contributed by atoms with Crippen molar-refractivity contribution >= 4 is 20.7 Å². The van der Waals surface area contributed by atoms with Crippen LogP contribution in [0.15, 0.2) is 0 Å². The van der Waals surface area contributed by atoms with Crippen LogP contribution in [0.25, 0.3) is 0 Å². The molecule has 1 aliphatic rings. The van der Waals surface area contributed by atoms with E-state index in [9.17, 15) is 4.79 Å². The summed E-state index contributed by atoms with van der Waals surface area (Å²) in [5.41, 5.74) is 0.873. The van der Waals surface area contributed by atoms with Crippen LogP contribution in [-0.2, 0) is 4.79 Å². The van der Waals surface area contributed by atoms with Crippen LogP contribution in [0.5, 0.6) is 0 Å². The smallest absolute Gasteiger partial charge is 0.222 e. The number of nitrogens with one attached hydrogen (secondary N) is 1. The van der Waals surface area contributed by atoms with Crippen molar-refractivity contribution in [2.24, 2.45) is 0 Å². The number of nitrogens with zero attached hydrogens (tertiary/aromatic N) is 1. The van der Waals surface area contributed by atoms with Crippen LogP contribution >= 0.6 is 8.58 Å². The predicted octanol–water partition coefficient (Wildman–Crippen LogP) is 3.67. The van der Waals surface area contributed by atoms with Gasteiger partial charge < -0.3 is 10.3 Å². The van der Waals surface area contributed by atoms with Crippen molar-refractivity contribution in [2.45, 2.75) is 63.4 Å². The molecule has 0 aromatic heterocycles. The van der Waals surface area contributed by atoms with Gasteiger partial charge in [0, 0.05) is 19.5 Å². The second-order valence-electron chi connectivity index (χ2n) is 5.45. The molecule has 1 fully saturated rings. The zero-order chi connectivity index (χ0) is 13.9. The molecule has 0 aromatic rings. The summed E-state index contributed by atoms with van der Waals surface area (Å²) in [6.07, 6.45) is 11.3. The van der Waals surface area contributed by atoms with Crippen molar-refractivity contribution in [1.29, 1.82) is 5.41 Å². The van der Waals surface area contributed by atoms with Gasteiger partial charge in [-0.2, -0.15) is 0 Å². The maximum Gasteiger partial charge on any atom is 0.222 e. The van der Waals surface area contributed by atoms with Gasteiger partial charge in [-0.25, -0.2) is 0 Å². The summed E-state index contributed by atoms with van der Waals surface area (Å²) >= 11 is 0. The molecule has 4 heteroatoms. The molecule has 0 bridgehead atoms. The highest BCUT2D eigenvalue weighted by Gasteiger charge is 2.20. The van der Waals surface area contributed by atoms with Gasteiger partial charge in [0.2, 0.25) is 5.91 Å². The molecule has 1 unspecified atom stereocenters. The Bertz CT molecular complexity index is 263. The zero-order valence-electron chi connectivity index (χ0n) is 12.3. The molecular formula is C15H29N2OP. The molecule has 1 amide bonds. The number of rotatable bonds is 9. The number of likely N-dealkylation sites (tertiary alicyclic amines) is 1. The molecular weight excluding hydrogens is 255 g/mol. The molecule has 19 heavy (non-hydrogen) atoms. The maximum atomic E-state index is 12.0. The van der Waals surface area contributed by atoms with E-state index in [0.29, 0.717) is 5.91 Å². The van der Waals surface area contributed by atoms with E-state index in [1.807, 2.05) is 0 Å². The largest absolute Gasteiger partial charge is 0.343 e. The summed E-state index contributed by atoms with van der Waals surface area (Å²) in [6, 6.07) is 0. The molecule has 1 aliphatic heterocycles. The summed E-state index contributed by atoms with van der Waals surface area (Å²) in [5, 5.41) is 6.94. The predicted molar refractivity (Wildman–Crippen MR) is 84.9 cm³/mol. The van der Waals surface area contributed by atoms with Crippen molar-refractivity contribution in [1.82, 2.24) is 4.90 Å². The normalized spacial score (nSPS) is 17.2. The van der Waals surface area contributed by atoms with E-state index >= 15 is 0 Å². The van der Waals surface area contributed by atoms with Crippen molar-refractivity contribution < 1.29 is 4.79 Å². The van der Waals surface area contributed by atoms with Gasteiger partial charge in [-0.15, -0.1) is 8.58 Å². The molecule has 0 aliphatic carbocycles. The van der Waals surface area contributed by atoms with Crippen LogP contribution in [0.4, 0.5) is 0 Å². The number of amides is 1. The van der Waals surface area contributed by atoms with Gasteiger partial charge in [0.1, 0.15) is 0 Å². The Morgan fingerprint density at radius 1 is 1.21 bits per heavy atom. The van der Waals surface area contributed by atoms with Crippen molar-refractivity contribution in [2.75, 3.05) is 19.8 Å². The minimum atomic E-state index is 0.373. The van der Waals surface area contributed by atoms with Crippen LogP contribution in [0.2, 0.25) is 0 Å². The second kappa shape index (κ2) is 10.4. The average molecular weight is 284 g/mol. The summed E-state index contributed by atoms with van der Waals surface area (Å²) < 4.78 is 0. The molecule has 1 atom stereocenters. The third kappa shape index (κ3) is 7.06. The van der Waals surface area contributed by atoms with E-state index in [1.54, 1.807) is 0 Å². The van der Waals surface area contributed by atoms with Crippen LogP contribution in [-0.4, -0.2) is 42.4 Å². The molecule has 1 N–H and O–H groups in total. The fourth-order valence-corrected chi connectivity index (χ4v) is 3.46. The standard InChI is InChI=1S/C15H29N2OP/c1-19-14-9-12-17(13-10-14)15(18)8-6-4-2-3-5-7-11-16/h11,14,16,19H,2-10,12-13H2,1H3. The number of hydrogen-bond donors (Lipinski definition) is 1. The molecule has 1 rings (SSSR count). The Labute approximate surface area is 119 Å². The first-order valence-corrected chi connectivity index (χ1v) is 9.29. The van der Waals surface area contributed by atoms with E-state index in [0.717, 1.165) is 59.4 Å². The average Bonchev–Trinajstić information content (AvgIpc) is 2.46. The van der Waals surface area contributed by atoms with Gasteiger partial charge in [-0.05, 0) is 50.6 Å². The molecule has 0 spiro atoms. The van der Waals surface area contributed by atoms with E-state index in [4.69, 9.17) is 5.41 Å². The second-order valence-corrected chi connectivity index (χ2v) is 6.85. The van der Waals surface area contributed by atoms with Crippen LogP contribution in [0.3, 0.4) is 0 Å². The molecule has 1 saturated heterocycles. The molecule has 0 aromatic carbocycles. The number of piperidine rings is 1. The quantitative estimate of drug-likeness (QED) is 0.392. The van der Waals surface area contributed by atoms with E-state index in [1.165, 1.54) is 31.9 Å². The molecule has 110 valence electrons. The third-order valence-corrected chi connectivity index (χ3v) is 5.39. The van der Waals surface area contributed by atoms with Crippen LogP contribution in [0, 0.1) is 5.41 Å². The lowest BCUT2D eigenvalue weighted by atomic mass is 10.1. The monoisotopic (exact) mass is 284 g/mol. The minimum absolute atomic E-state index is 0.373. The van der Waals surface area contributed by atoms with Crippen molar-refractivity contribution in [3.05, 3.63) is 0 Å². The fourth-order valence-electron chi connectivity index (χ4n) is 2.63. The molecule has 0 saturated carbocycles. The van der Waals surface area contributed by atoms with Gasteiger partial charge in [-0.3, -0.25) is 4.79 Å². The number of carbonyl (C=O) groups excluding carboxylic acids is 1. The Balaban J connectivity index is 2.00. The summed E-state index contributed by atoms with van der Waals surface area (Å²) in [4.78, 5) is 14.1. The van der Waals surface area contributed by atoms with E-state index < -0.39 is 0 Å². The van der Waals surface area contributed by atoms with Gasteiger partial charge in [0.25, 0.3) is 0 Å².